The van der Waals surface area contributed by atoms with Gasteiger partial charge in [0.15, 0.2) is 0 Å². The van der Waals surface area contributed by atoms with E-state index in [0.29, 0.717) is 0 Å². The van der Waals surface area contributed by atoms with Crippen LogP contribution in [0.15, 0.2) is 27.9 Å². The van der Waals surface area contributed by atoms with Gasteiger partial charge in [0.1, 0.15) is 5.69 Å². The number of hydrogen-bond donors (Lipinski definition) is 1. The zero-order chi connectivity index (χ0) is 14.9. The molecule has 0 spiro atoms. The first-order chi connectivity index (χ1) is 9.29. The molecule has 0 atom stereocenters. The van der Waals surface area contributed by atoms with E-state index in [2.05, 4.69) is 10.3 Å². The smallest absolute Gasteiger partial charge is 0.275 e. The van der Waals surface area contributed by atoms with Gasteiger partial charge in [0, 0.05) is 16.1 Å². The lowest BCUT2D eigenvalue weighted by Crippen LogP contribution is -2.13. The van der Waals surface area contributed by atoms with Crippen LogP contribution in [0.5, 0.6) is 0 Å². The first-order valence-electron chi connectivity index (χ1n) is 4.92. The van der Waals surface area contributed by atoms with Crippen molar-refractivity contribution in [2.45, 2.75) is 4.90 Å². The summed E-state index contributed by atoms with van der Waals surface area (Å²) in [7, 11) is 1.24. The Hall–Kier alpha value is -0.860. The maximum atomic E-state index is 11.8. The second kappa shape index (κ2) is 5.87. The second-order valence-electron chi connectivity index (χ2n) is 3.53. The third kappa shape index (κ3) is 3.42. The molecule has 1 aromatic heterocycles. The Balaban J connectivity index is 2.37. The average molecular weight is 372 g/mol. The summed E-state index contributed by atoms with van der Waals surface area (Å²) in [6.45, 7) is 0. The molecule has 0 fully saturated rings. The van der Waals surface area contributed by atoms with Crippen LogP contribution in [0.25, 0.3) is 0 Å². The van der Waals surface area contributed by atoms with Crippen molar-refractivity contribution >= 4 is 65.9 Å². The summed E-state index contributed by atoms with van der Waals surface area (Å²) in [5.41, 5.74) is 1.80. The molecule has 5 nitrogen and oxygen atoms in total. The number of carbonyl (C=O) groups excluding carboxylic acids is 1. The number of rotatable bonds is 3. The predicted octanol–water partition coefficient (Wildman–Crippen LogP) is 3.63. The third-order valence-corrected chi connectivity index (χ3v) is 4.72. The molecule has 0 bridgehead atoms. The molecule has 1 amide bonds. The predicted molar refractivity (Wildman–Crippen MR) is 79.6 cm³/mol. The highest BCUT2D eigenvalue weighted by molar-refractivity contribution is 8.13. The molecule has 1 N–H and O–H groups in total. The van der Waals surface area contributed by atoms with Gasteiger partial charge in [0.05, 0.1) is 26.1 Å². The van der Waals surface area contributed by atoms with E-state index in [4.69, 9.17) is 33.9 Å². The highest BCUT2D eigenvalue weighted by atomic mass is 35.7. The summed E-state index contributed by atoms with van der Waals surface area (Å²) in [6.07, 6.45) is 0. The van der Waals surface area contributed by atoms with Gasteiger partial charge in [-0.05, 0) is 12.1 Å². The number of hydrogen-bond acceptors (Lipinski definition) is 5. The summed E-state index contributed by atoms with van der Waals surface area (Å²) >= 11 is 13.1. The lowest BCUT2D eigenvalue weighted by Gasteiger charge is -2.09. The maximum Gasteiger partial charge on any atom is 0.275 e. The van der Waals surface area contributed by atoms with E-state index in [1.807, 2.05) is 0 Å². The third-order valence-electron chi connectivity index (χ3n) is 2.20. The first-order valence-corrected chi connectivity index (χ1v) is 8.93. The number of benzene rings is 1. The van der Waals surface area contributed by atoms with Gasteiger partial charge in [-0.25, -0.2) is 13.4 Å². The van der Waals surface area contributed by atoms with E-state index in [9.17, 15) is 13.2 Å². The molecule has 2 aromatic rings. The summed E-state index contributed by atoms with van der Waals surface area (Å²) in [6, 6.07) is 2.21. The van der Waals surface area contributed by atoms with Crippen molar-refractivity contribution in [2.75, 3.05) is 5.32 Å². The van der Waals surface area contributed by atoms with Crippen LogP contribution in [0.4, 0.5) is 5.69 Å². The topological polar surface area (TPSA) is 76.1 Å². The Bertz CT molecular complexity index is 737. The zero-order valence-electron chi connectivity index (χ0n) is 9.43. The Labute approximate surface area is 132 Å². The molecule has 106 valence electrons. The molecule has 0 aliphatic rings. The SMILES string of the molecule is O=C(Nc1c(Cl)cc(S(=O)(=O)Cl)cc1Cl)c1cscn1. The summed E-state index contributed by atoms with van der Waals surface area (Å²) < 4.78 is 22.4. The largest absolute Gasteiger partial charge is 0.318 e. The second-order valence-corrected chi connectivity index (χ2v) is 7.63. The molecule has 0 saturated heterocycles. The van der Waals surface area contributed by atoms with E-state index >= 15 is 0 Å². The molecule has 2 rings (SSSR count). The van der Waals surface area contributed by atoms with Gasteiger partial charge in [-0.3, -0.25) is 4.79 Å². The minimum Gasteiger partial charge on any atom is -0.318 e. The number of carbonyl (C=O) groups is 1. The number of amides is 1. The Kier molecular flexibility index (Phi) is 4.55. The van der Waals surface area contributed by atoms with Gasteiger partial charge >= 0.3 is 0 Å². The van der Waals surface area contributed by atoms with Crippen LogP contribution in [0, 0.1) is 0 Å². The van der Waals surface area contributed by atoms with E-state index < -0.39 is 15.0 Å². The fourth-order valence-corrected chi connectivity index (χ4v) is 3.34. The number of anilines is 1. The van der Waals surface area contributed by atoms with Crippen molar-refractivity contribution in [3.8, 4) is 0 Å². The molecule has 10 heteroatoms. The van der Waals surface area contributed by atoms with Gasteiger partial charge in [-0.2, -0.15) is 0 Å². The monoisotopic (exact) mass is 370 g/mol. The van der Waals surface area contributed by atoms with Crippen LogP contribution in [0.2, 0.25) is 10.0 Å². The molecule has 0 radical (unpaired) electrons. The summed E-state index contributed by atoms with van der Waals surface area (Å²) in [5, 5.41) is 3.93. The Morgan fingerprint density at radius 2 is 1.85 bits per heavy atom. The number of halogens is 3. The lowest BCUT2D eigenvalue weighted by atomic mass is 10.3. The van der Waals surface area contributed by atoms with Gasteiger partial charge in [-0.15, -0.1) is 11.3 Å². The highest BCUT2D eigenvalue weighted by Crippen LogP contribution is 2.34. The Morgan fingerprint density at radius 1 is 1.25 bits per heavy atom. The lowest BCUT2D eigenvalue weighted by molar-refractivity contribution is 0.102. The molecule has 1 heterocycles. The van der Waals surface area contributed by atoms with Crippen molar-refractivity contribution in [1.82, 2.24) is 4.98 Å². The van der Waals surface area contributed by atoms with Crippen molar-refractivity contribution in [3.63, 3.8) is 0 Å². The molecule has 0 aliphatic heterocycles. The summed E-state index contributed by atoms with van der Waals surface area (Å²) in [5.74, 6) is -0.503. The van der Waals surface area contributed by atoms with Crippen LogP contribution in [-0.2, 0) is 9.05 Å². The molecular formula is C10H5Cl3N2O3S2. The fourth-order valence-electron chi connectivity index (χ4n) is 1.31. The normalized spacial score (nSPS) is 11.3. The Morgan fingerprint density at radius 3 is 2.30 bits per heavy atom. The fraction of sp³-hybridized carbons (Fsp3) is 0. The molecular weight excluding hydrogens is 367 g/mol. The van der Waals surface area contributed by atoms with Crippen molar-refractivity contribution in [3.05, 3.63) is 38.8 Å². The molecule has 0 unspecified atom stereocenters. The quantitative estimate of drug-likeness (QED) is 0.836. The maximum absolute atomic E-state index is 11.8. The van der Waals surface area contributed by atoms with E-state index in [1.54, 1.807) is 5.38 Å². The minimum atomic E-state index is -3.96. The van der Waals surface area contributed by atoms with Gasteiger partial charge in [0.2, 0.25) is 0 Å². The minimum absolute atomic E-state index is 0.0414. The summed E-state index contributed by atoms with van der Waals surface area (Å²) in [4.78, 5) is 15.4. The van der Waals surface area contributed by atoms with Gasteiger partial charge in [-0.1, -0.05) is 23.2 Å². The van der Waals surface area contributed by atoms with Crippen LogP contribution in [0.3, 0.4) is 0 Å². The van der Waals surface area contributed by atoms with Crippen molar-refractivity contribution in [1.29, 1.82) is 0 Å². The standard InChI is InChI=1S/C10H5Cl3N2O3S2/c11-6-1-5(20(13,17)18)2-7(12)9(6)15-10(16)8-3-19-4-14-8/h1-4H,(H,15,16). The zero-order valence-corrected chi connectivity index (χ0v) is 13.3. The molecule has 1 aromatic carbocycles. The number of nitrogens with zero attached hydrogens (tertiary/aromatic N) is 1. The van der Waals surface area contributed by atoms with Crippen molar-refractivity contribution in [2.24, 2.45) is 0 Å². The van der Waals surface area contributed by atoms with Crippen LogP contribution in [-0.4, -0.2) is 19.3 Å². The number of aromatic nitrogens is 1. The molecule has 20 heavy (non-hydrogen) atoms. The van der Waals surface area contributed by atoms with Gasteiger partial charge in [0.25, 0.3) is 15.0 Å². The average Bonchev–Trinajstić information content (AvgIpc) is 2.85. The van der Waals surface area contributed by atoms with Crippen LogP contribution < -0.4 is 5.32 Å². The van der Waals surface area contributed by atoms with Crippen LogP contribution >= 0.6 is 45.2 Å². The number of thiazole rings is 1. The number of nitrogens with one attached hydrogen (secondary N) is 1. The van der Waals surface area contributed by atoms with Gasteiger partial charge < -0.3 is 5.32 Å². The van der Waals surface area contributed by atoms with Crippen LogP contribution in [0.1, 0.15) is 10.5 Å². The first kappa shape index (κ1) is 15.5. The van der Waals surface area contributed by atoms with E-state index in [0.717, 1.165) is 12.1 Å². The molecule has 0 saturated carbocycles. The highest BCUT2D eigenvalue weighted by Gasteiger charge is 2.18. The van der Waals surface area contributed by atoms with Crippen molar-refractivity contribution < 1.29 is 13.2 Å². The van der Waals surface area contributed by atoms with E-state index in [1.165, 1.54) is 16.8 Å². The molecule has 0 aliphatic carbocycles. The van der Waals surface area contributed by atoms with E-state index in [-0.39, 0.29) is 26.3 Å².